The molecule has 1 N–H and O–H groups in total. The van der Waals surface area contributed by atoms with Crippen LogP contribution in [0.1, 0.15) is 16.9 Å². The summed E-state index contributed by atoms with van der Waals surface area (Å²) in [5.74, 6) is 0.634. The average molecular weight is 505 g/mol. The van der Waals surface area contributed by atoms with Gasteiger partial charge in [0.1, 0.15) is 18.5 Å². The maximum Gasteiger partial charge on any atom is 0.246 e. The molecule has 0 saturated carbocycles. The number of rotatable bonds is 8. The van der Waals surface area contributed by atoms with E-state index in [0.717, 1.165) is 25.1 Å². The van der Waals surface area contributed by atoms with Crippen LogP contribution >= 0.6 is 11.3 Å². The smallest absolute Gasteiger partial charge is 0.246 e. The molecule has 2 aliphatic rings. The molecule has 0 aliphatic carbocycles. The van der Waals surface area contributed by atoms with Crippen LogP contribution < -0.4 is 4.74 Å². The zero-order chi connectivity index (χ0) is 24.7. The second-order valence-corrected chi connectivity index (χ2v) is 10.2. The Hall–Kier alpha value is -2.97. The molecule has 36 heavy (non-hydrogen) atoms. The van der Waals surface area contributed by atoms with Crippen LogP contribution in [0.15, 0.2) is 66.7 Å². The molecule has 0 radical (unpaired) electrons. The average Bonchev–Trinajstić information content (AvgIpc) is 3.36. The molecule has 2 aromatic carbocycles. The van der Waals surface area contributed by atoms with Crippen molar-refractivity contribution in [3.05, 3.63) is 77.2 Å². The van der Waals surface area contributed by atoms with Crippen molar-refractivity contribution in [1.29, 1.82) is 0 Å². The molecule has 188 valence electrons. The van der Waals surface area contributed by atoms with Crippen LogP contribution in [0.5, 0.6) is 5.75 Å². The van der Waals surface area contributed by atoms with Gasteiger partial charge in [0.15, 0.2) is 0 Å². The summed E-state index contributed by atoms with van der Waals surface area (Å²) in [6.45, 7) is 4.89. The van der Waals surface area contributed by atoms with Gasteiger partial charge in [-0.1, -0.05) is 42.5 Å². The number of β-amino-alcohol motifs (C(OH)–C–C–N with tert-alkyl or cyclic N) is 1. The number of carbonyl (C=O) groups excluding carboxylic acids is 1. The van der Waals surface area contributed by atoms with Gasteiger partial charge >= 0.3 is 0 Å². The molecular weight excluding hydrogens is 472 g/mol. The predicted molar refractivity (Wildman–Crippen MR) is 145 cm³/mol. The summed E-state index contributed by atoms with van der Waals surface area (Å²) in [6.07, 6.45) is 6.03. The molecule has 3 heterocycles. The highest BCUT2D eigenvalue weighted by Crippen LogP contribution is 2.33. The molecule has 1 aromatic heterocycles. The van der Waals surface area contributed by atoms with Gasteiger partial charge in [-0.05, 0) is 41.7 Å². The summed E-state index contributed by atoms with van der Waals surface area (Å²) < 4.78 is 12.6. The van der Waals surface area contributed by atoms with Crippen molar-refractivity contribution in [3.63, 3.8) is 0 Å². The molecule has 1 atom stereocenters. The quantitative estimate of drug-likeness (QED) is 0.464. The molecule has 3 aromatic rings. The van der Waals surface area contributed by atoms with E-state index in [2.05, 4.69) is 41.3 Å². The lowest BCUT2D eigenvalue weighted by atomic mass is 10.1. The Bertz CT molecular complexity index is 1210. The van der Waals surface area contributed by atoms with E-state index in [1.807, 2.05) is 35.6 Å². The van der Waals surface area contributed by atoms with Gasteiger partial charge in [0, 0.05) is 53.9 Å². The number of hydrogen-bond donors (Lipinski definition) is 1. The number of para-hydroxylation sites is 1. The summed E-state index contributed by atoms with van der Waals surface area (Å²) in [6, 6.07) is 18.4. The van der Waals surface area contributed by atoms with E-state index in [-0.39, 0.29) is 12.5 Å². The Balaban J connectivity index is 1.12. The second-order valence-electron chi connectivity index (χ2n) is 9.16. The topological polar surface area (TPSA) is 62.2 Å². The van der Waals surface area contributed by atoms with E-state index < -0.39 is 6.10 Å². The fraction of sp³-hybridized carbons (Fsp3) is 0.345. The van der Waals surface area contributed by atoms with Crippen molar-refractivity contribution < 1.29 is 19.4 Å². The third-order valence-corrected chi connectivity index (χ3v) is 7.77. The zero-order valence-corrected chi connectivity index (χ0v) is 21.2. The Labute approximate surface area is 216 Å². The van der Waals surface area contributed by atoms with E-state index in [9.17, 15) is 9.90 Å². The summed E-state index contributed by atoms with van der Waals surface area (Å²) in [5.41, 5.74) is 2.21. The maximum atomic E-state index is 12.4. The van der Waals surface area contributed by atoms with Crippen molar-refractivity contribution in [2.75, 3.05) is 52.5 Å². The van der Waals surface area contributed by atoms with Crippen LogP contribution in [0.25, 0.3) is 21.7 Å². The SMILES string of the molecule is O=C(C=Cc1ccccc1OCC(O)CN1CC=C(c2cc3ccccc3s2)CC1)N1CCOCC1. The lowest BCUT2D eigenvalue weighted by molar-refractivity contribution is -0.129. The predicted octanol–water partition coefficient (Wildman–Crippen LogP) is 4.30. The van der Waals surface area contributed by atoms with E-state index in [1.165, 1.54) is 20.5 Å². The van der Waals surface area contributed by atoms with Gasteiger partial charge in [-0.3, -0.25) is 9.69 Å². The van der Waals surface area contributed by atoms with Crippen molar-refractivity contribution in [2.24, 2.45) is 0 Å². The summed E-state index contributed by atoms with van der Waals surface area (Å²) in [4.78, 5) is 17.8. The first-order valence-electron chi connectivity index (χ1n) is 12.5. The van der Waals surface area contributed by atoms with Crippen LogP contribution in [-0.2, 0) is 9.53 Å². The Morgan fingerprint density at radius 3 is 2.72 bits per heavy atom. The molecule has 1 unspecified atom stereocenters. The number of thiophene rings is 1. The zero-order valence-electron chi connectivity index (χ0n) is 20.3. The number of amides is 1. The lowest BCUT2D eigenvalue weighted by Crippen LogP contribution is -2.39. The first-order valence-corrected chi connectivity index (χ1v) is 13.3. The summed E-state index contributed by atoms with van der Waals surface area (Å²) in [5, 5.41) is 11.9. The van der Waals surface area contributed by atoms with Gasteiger partial charge in [0.2, 0.25) is 5.91 Å². The summed E-state index contributed by atoms with van der Waals surface area (Å²) >= 11 is 1.85. The number of benzene rings is 2. The second kappa shape index (κ2) is 11.8. The van der Waals surface area contributed by atoms with Crippen molar-refractivity contribution in [3.8, 4) is 5.75 Å². The number of fused-ring (bicyclic) bond motifs is 1. The van der Waals surface area contributed by atoms with Gasteiger partial charge in [-0.15, -0.1) is 11.3 Å². The number of morpholine rings is 1. The third kappa shape index (κ3) is 6.23. The Morgan fingerprint density at radius 1 is 1.11 bits per heavy atom. The molecule has 5 rings (SSSR count). The van der Waals surface area contributed by atoms with Gasteiger partial charge < -0.3 is 19.5 Å². The highest BCUT2D eigenvalue weighted by Gasteiger charge is 2.18. The normalized spacial score (nSPS) is 17.9. The van der Waals surface area contributed by atoms with Crippen LogP contribution in [0.4, 0.5) is 0 Å². The Morgan fingerprint density at radius 2 is 1.92 bits per heavy atom. The number of aliphatic hydroxyl groups excluding tert-OH is 1. The molecule has 0 spiro atoms. The van der Waals surface area contributed by atoms with Crippen molar-refractivity contribution in [1.82, 2.24) is 9.80 Å². The van der Waals surface area contributed by atoms with E-state index in [1.54, 1.807) is 17.1 Å². The molecular formula is C29H32N2O4S. The van der Waals surface area contributed by atoms with Crippen LogP contribution in [-0.4, -0.2) is 79.5 Å². The minimum Gasteiger partial charge on any atom is -0.490 e. The van der Waals surface area contributed by atoms with Gasteiger partial charge in [0.25, 0.3) is 0 Å². The first kappa shape index (κ1) is 24.7. The molecule has 2 aliphatic heterocycles. The number of carbonyl (C=O) groups is 1. The number of nitrogens with zero attached hydrogens (tertiary/aromatic N) is 2. The monoisotopic (exact) mass is 504 g/mol. The molecule has 1 saturated heterocycles. The third-order valence-electron chi connectivity index (χ3n) is 6.58. The summed E-state index contributed by atoms with van der Waals surface area (Å²) in [7, 11) is 0. The fourth-order valence-electron chi connectivity index (χ4n) is 4.58. The van der Waals surface area contributed by atoms with Crippen LogP contribution in [0, 0.1) is 0 Å². The standard InChI is InChI=1S/C29H32N2O4S/c32-25(20-30-13-11-23(12-14-30)28-19-24-6-2-4-8-27(24)36-28)21-35-26-7-3-1-5-22(26)9-10-29(33)31-15-17-34-18-16-31/h1-11,19,25,32H,12-18,20-21H2. The lowest BCUT2D eigenvalue weighted by Gasteiger charge is -2.28. The van der Waals surface area contributed by atoms with Gasteiger partial charge in [-0.2, -0.15) is 0 Å². The van der Waals surface area contributed by atoms with Gasteiger partial charge in [-0.25, -0.2) is 0 Å². The molecule has 7 heteroatoms. The largest absolute Gasteiger partial charge is 0.490 e. The minimum atomic E-state index is -0.601. The minimum absolute atomic E-state index is 0.0266. The number of hydrogen-bond acceptors (Lipinski definition) is 6. The highest BCUT2D eigenvalue weighted by molar-refractivity contribution is 7.20. The Kier molecular flexibility index (Phi) is 8.13. The molecule has 0 bridgehead atoms. The highest BCUT2D eigenvalue weighted by atomic mass is 32.1. The first-order chi connectivity index (χ1) is 17.7. The van der Waals surface area contributed by atoms with E-state index >= 15 is 0 Å². The number of aliphatic hydroxyl groups is 1. The molecule has 6 nitrogen and oxygen atoms in total. The van der Waals surface area contributed by atoms with Crippen molar-refractivity contribution >= 4 is 39.0 Å². The van der Waals surface area contributed by atoms with Crippen molar-refractivity contribution in [2.45, 2.75) is 12.5 Å². The molecule has 1 fully saturated rings. The maximum absolute atomic E-state index is 12.4. The van der Waals surface area contributed by atoms with Crippen LogP contribution in [0.2, 0.25) is 0 Å². The van der Waals surface area contributed by atoms with Crippen LogP contribution in [0.3, 0.4) is 0 Å². The van der Waals surface area contributed by atoms with E-state index in [0.29, 0.717) is 38.6 Å². The number of ether oxygens (including phenoxy) is 2. The molecule has 1 amide bonds. The fourth-order valence-corrected chi connectivity index (χ4v) is 5.71. The van der Waals surface area contributed by atoms with Gasteiger partial charge in [0.05, 0.1) is 13.2 Å². The van der Waals surface area contributed by atoms with E-state index in [4.69, 9.17) is 9.47 Å².